The van der Waals surface area contributed by atoms with Crippen LogP contribution < -0.4 is 18.9 Å². The van der Waals surface area contributed by atoms with Crippen molar-refractivity contribution in [1.29, 1.82) is 0 Å². The summed E-state index contributed by atoms with van der Waals surface area (Å²) in [5, 5.41) is 9.26. The molecular weight excluding hydrogens is 626 g/mol. The molecule has 0 bridgehead atoms. The Balaban J connectivity index is 0. The number of aliphatic hydroxyl groups excluding tert-OH is 1. The van der Waals surface area contributed by atoms with E-state index in [-0.39, 0.29) is 75.1 Å². The molecule has 0 spiro atoms. The largest absolute Gasteiger partial charge is 1.00 e. The average molecular weight is 677 g/mol. The summed E-state index contributed by atoms with van der Waals surface area (Å²) >= 11 is 0. The number of amides is 4. The van der Waals surface area contributed by atoms with Gasteiger partial charge in [-0.15, -0.1) is 13.2 Å². The average Bonchev–Trinajstić information content (AvgIpc) is 3.51. The first-order chi connectivity index (χ1) is 20.4. The molecule has 2 fully saturated rings. The van der Waals surface area contributed by atoms with Gasteiger partial charge in [0.1, 0.15) is 13.2 Å². The first-order valence-corrected chi connectivity index (χ1v) is 18.4. The molecule has 0 saturated carbocycles. The number of nitrogens with zero attached hydrogens (tertiary/aromatic N) is 2. The molecule has 0 aromatic carbocycles. The molecule has 10 nitrogen and oxygen atoms in total. The number of halogens is 4. The summed E-state index contributed by atoms with van der Waals surface area (Å²) in [4.78, 5) is 51.0. The van der Waals surface area contributed by atoms with Crippen LogP contribution in [0.5, 0.6) is 0 Å². The summed E-state index contributed by atoms with van der Waals surface area (Å²) in [7, 11) is -7.17. The molecule has 0 aromatic rings. The van der Waals surface area contributed by atoms with Crippen LogP contribution in [0.25, 0.3) is 0 Å². The SMILES string of the molecule is C=C[C@](C)(CO)C(=O)N1C(=O)OC[C@H]1C(C)C.C=C[C@](C)(COCC[Si](C)(C)C)C(=O)N1C(=O)OC[C@H]1C(C)C.F[B-](F)(F)F.[Li+]. The van der Waals surface area contributed by atoms with Crippen LogP contribution in [0.2, 0.25) is 25.7 Å². The molecule has 0 aliphatic carbocycles. The normalized spacial score (nSPS) is 20.6. The van der Waals surface area contributed by atoms with Crippen LogP contribution in [0.3, 0.4) is 0 Å². The third kappa shape index (κ3) is 14.3. The fourth-order valence-corrected chi connectivity index (χ4v) is 4.72. The molecule has 0 aromatic heterocycles. The van der Waals surface area contributed by atoms with Crippen LogP contribution in [0.1, 0.15) is 41.5 Å². The first-order valence-electron chi connectivity index (χ1n) is 14.7. The van der Waals surface area contributed by atoms with Gasteiger partial charge in [-0.2, -0.15) is 0 Å². The van der Waals surface area contributed by atoms with E-state index in [0.717, 1.165) is 10.9 Å². The molecule has 46 heavy (non-hydrogen) atoms. The van der Waals surface area contributed by atoms with Gasteiger partial charge in [-0.3, -0.25) is 9.59 Å². The van der Waals surface area contributed by atoms with Crippen molar-refractivity contribution in [2.45, 2.75) is 79.3 Å². The van der Waals surface area contributed by atoms with Crippen LogP contribution in [0.15, 0.2) is 25.3 Å². The predicted octanol–water partition coefficient (Wildman–Crippen LogP) is 3.02. The van der Waals surface area contributed by atoms with E-state index in [4.69, 9.17) is 14.2 Å². The molecule has 2 rings (SSSR count). The molecule has 260 valence electrons. The molecule has 2 aliphatic rings. The van der Waals surface area contributed by atoms with Gasteiger partial charge in [-0.05, 0) is 31.7 Å². The Labute approximate surface area is 283 Å². The second-order valence-electron chi connectivity index (χ2n) is 13.4. The number of cyclic esters (lactones) is 2. The Bertz CT molecular complexity index is 1060. The zero-order valence-corrected chi connectivity index (χ0v) is 29.9. The van der Waals surface area contributed by atoms with E-state index in [9.17, 15) is 41.5 Å². The number of carbonyl (C=O) groups is 4. The number of imide groups is 2. The molecule has 4 atom stereocenters. The van der Waals surface area contributed by atoms with Gasteiger partial charge in [0, 0.05) is 14.7 Å². The van der Waals surface area contributed by atoms with E-state index >= 15 is 0 Å². The minimum atomic E-state index is -6.00. The number of rotatable bonds is 12. The summed E-state index contributed by atoms with van der Waals surface area (Å²) in [5.41, 5.74) is -2.06. The molecule has 2 heterocycles. The Morgan fingerprint density at radius 2 is 1.28 bits per heavy atom. The number of hydrogen-bond donors (Lipinski definition) is 1. The Morgan fingerprint density at radius 1 is 0.935 bits per heavy atom. The van der Waals surface area contributed by atoms with Gasteiger partial charge in [-0.25, -0.2) is 19.4 Å². The minimum Gasteiger partial charge on any atom is -0.447 e. The second kappa shape index (κ2) is 19.0. The van der Waals surface area contributed by atoms with Crippen molar-refractivity contribution < 1.29 is 74.6 Å². The van der Waals surface area contributed by atoms with Crippen LogP contribution in [-0.4, -0.2) is 99.4 Å². The van der Waals surface area contributed by atoms with Gasteiger partial charge in [0.25, 0.3) is 0 Å². The molecular formula is C29H50BF4LiN2O8Si. The summed E-state index contributed by atoms with van der Waals surface area (Å²) in [6, 6.07) is 0.534. The van der Waals surface area contributed by atoms with Gasteiger partial charge in [0.2, 0.25) is 11.8 Å². The van der Waals surface area contributed by atoms with Crippen LogP contribution in [0, 0.1) is 22.7 Å². The predicted molar refractivity (Wildman–Crippen MR) is 166 cm³/mol. The van der Waals surface area contributed by atoms with E-state index in [0.29, 0.717) is 6.61 Å². The maximum absolute atomic E-state index is 12.9. The second-order valence-corrected chi connectivity index (χ2v) is 19.0. The van der Waals surface area contributed by atoms with Crippen molar-refractivity contribution in [1.82, 2.24) is 9.80 Å². The van der Waals surface area contributed by atoms with Gasteiger partial charge < -0.3 is 36.6 Å². The van der Waals surface area contributed by atoms with E-state index < -0.39 is 44.3 Å². The summed E-state index contributed by atoms with van der Waals surface area (Å²) in [6.07, 6.45) is 1.73. The van der Waals surface area contributed by atoms with Crippen LogP contribution >= 0.6 is 0 Å². The molecule has 1 N–H and O–H groups in total. The standard InChI is InChI=1S/C17H31NO4Si.C12H19NO4.BF4.Li/c1-8-17(4,12-21-9-10-23(5,6)7)15(19)18-14(13(2)3)11-22-16(18)20;1-5-12(4,7-14)10(15)13-9(8(2)3)6-17-11(13)16;2-1(3,4)5;/h8,13-14H,1,9-12H2,2-7H3;5,8-9,14H,1,6-7H2,2-4H3;;/q;;-1;+1/t14-,17+;9-,12+;;/m00../s1. The Kier molecular flexibility index (Phi) is 19.0. The third-order valence-electron chi connectivity index (χ3n) is 7.39. The van der Waals surface area contributed by atoms with Crippen LogP contribution in [0.4, 0.5) is 26.9 Å². The van der Waals surface area contributed by atoms with Crippen molar-refractivity contribution in [3.8, 4) is 0 Å². The molecule has 2 saturated heterocycles. The maximum Gasteiger partial charge on any atom is 1.00 e. The van der Waals surface area contributed by atoms with Gasteiger partial charge >= 0.3 is 38.3 Å². The summed E-state index contributed by atoms with van der Waals surface area (Å²) in [6.45, 7) is 26.2. The molecule has 17 heteroatoms. The van der Waals surface area contributed by atoms with Crippen molar-refractivity contribution in [3.05, 3.63) is 25.3 Å². The van der Waals surface area contributed by atoms with E-state index in [2.05, 4.69) is 32.8 Å². The van der Waals surface area contributed by atoms with E-state index in [1.807, 2.05) is 27.7 Å². The smallest absolute Gasteiger partial charge is 0.447 e. The van der Waals surface area contributed by atoms with Gasteiger partial charge in [0.15, 0.2) is 0 Å². The molecule has 0 radical (unpaired) electrons. The van der Waals surface area contributed by atoms with Crippen molar-refractivity contribution in [2.75, 3.05) is 33.0 Å². The number of ether oxygens (including phenoxy) is 3. The van der Waals surface area contributed by atoms with Gasteiger partial charge in [0.05, 0.1) is 36.1 Å². The quantitative estimate of drug-likeness (QED) is 0.145. The molecule has 0 unspecified atom stereocenters. The molecule has 2 aliphatic heterocycles. The zero-order chi connectivity index (χ0) is 35.6. The minimum absolute atomic E-state index is 0. The summed E-state index contributed by atoms with van der Waals surface area (Å²) in [5.74, 6) is -0.497. The number of aliphatic hydroxyl groups is 1. The van der Waals surface area contributed by atoms with Crippen molar-refractivity contribution in [2.24, 2.45) is 22.7 Å². The van der Waals surface area contributed by atoms with Gasteiger partial charge in [-0.1, -0.05) is 59.5 Å². The first kappa shape index (κ1) is 46.0. The zero-order valence-electron chi connectivity index (χ0n) is 28.9. The fraction of sp³-hybridized carbons (Fsp3) is 0.724. The topological polar surface area (TPSA) is 123 Å². The Hall–Kier alpha value is -2.12. The fourth-order valence-electron chi connectivity index (χ4n) is 3.96. The Morgan fingerprint density at radius 3 is 1.57 bits per heavy atom. The van der Waals surface area contributed by atoms with Crippen molar-refractivity contribution >= 4 is 39.3 Å². The summed E-state index contributed by atoms with van der Waals surface area (Å²) < 4.78 is 54.7. The molecule has 4 amide bonds. The monoisotopic (exact) mass is 676 g/mol. The van der Waals surface area contributed by atoms with E-state index in [1.54, 1.807) is 19.9 Å². The van der Waals surface area contributed by atoms with E-state index in [1.165, 1.54) is 11.0 Å². The number of hydrogen-bond acceptors (Lipinski definition) is 8. The van der Waals surface area contributed by atoms with Crippen molar-refractivity contribution in [3.63, 3.8) is 0 Å². The number of carbonyl (C=O) groups excluding carboxylic acids is 4. The van der Waals surface area contributed by atoms with Crippen LogP contribution in [-0.2, 0) is 23.8 Å². The maximum atomic E-state index is 12.9. The third-order valence-corrected chi connectivity index (χ3v) is 9.10.